The molecule has 1 saturated heterocycles. The highest BCUT2D eigenvalue weighted by atomic mass is 16.5. The first-order valence-electron chi connectivity index (χ1n) is 5.25. The van der Waals surface area contributed by atoms with Crippen LogP contribution in [0.25, 0.3) is 0 Å². The predicted molar refractivity (Wildman–Crippen MR) is 59.2 cm³/mol. The number of nitrogens with zero attached hydrogens (tertiary/aromatic N) is 1. The van der Waals surface area contributed by atoms with Gasteiger partial charge in [-0.15, -0.1) is 0 Å². The normalized spacial score (nSPS) is 23.4. The van der Waals surface area contributed by atoms with Crippen molar-refractivity contribution < 1.29 is 19.4 Å². The first kappa shape index (κ1) is 11.6. The van der Waals surface area contributed by atoms with Crippen LogP contribution in [0.2, 0.25) is 0 Å². The van der Waals surface area contributed by atoms with E-state index in [1.54, 1.807) is 0 Å². The Labute approximate surface area is 98.6 Å². The number of carbonyl (C=O) groups excluding carboxylic acids is 1. The van der Waals surface area contributed by atoms with E-state index in [1.807, 2.05) is 30.3 Å². The second kappa shape index (κ2) is 4.55. The van der Waals surface area contributed by atoms with Gasteiger partial charge < -0.3 is 14.7 Å². The molecule has 2 rings (SSSR count). The van der Waals surface area contributed by atoms with Crippen LogP contribution in [0.4, 0.5) is 0 Å². The van der Waals surface area contributed by atoms with Crippen molar-refractivity contribution in [2.75, 3.05) is 7.11 Å². The monoisotopic (exact) mass is 235 g/mol. The van der Waals surface area contributed by atoms with E-state index in [9.17, 15) is 9.59 Å². The van der Waals surface area contributed by atoms with Gasteiger partial charge in [-0.3, -0.25) is 4.79 Å². The van der Waals surface area contributed by atoms with Gasteiger partial charge in [0, 0.05) is 13.7 Å². The van der Waals surface area contributed by atoms with Gasteiger partial charge in [-0.25, -0.2) is 4.79 Å². The van der Waals surface area contributed by atoms with E-state index in [0.717, 1.165) is 5.56 Å². The van der Waals surface area contributed by atoms with Crippen LogP contribution >= 0.6 is 0 Å². The maximum absolute atomic E-state index is 11.6. The van der Waals surface area contributed by atoms with E-state index in [-0.39, 0.29) is 5.91 Å². The van der Waals surface area contributed by atoms with Crippen molar-refractivity contribution in [3.63, 3.8) is 0 Å². The van der Waals surface area contributed by atoms with Crippen molar-refractivity contribution in [1.29, 1.82) is 0 Å². The zero-order valence-corrected chi connectivity index (χ0v) is 9.37. The quantitative estimate of drug-likeness (QED) is 0.771. The lowest BCUT2D eigenvalue weighted by Gasteiger charge is -2.43. The van der Waals surface area contributed by atoms with Crippen molar-refractivity contribution in [2.24, 2.45) is 0 Å². The summed E-state index contributed by atoms with van der Waals surface area (Å²) in [5, 5.41) is 9.03. The summed E-state index contributed by atoms with van der Waals surface area (Å²) in [6.45, 7) is 0.302. The molecular formula is C12H13NO4. The van der Waals surface area contributed by atoms with Gasteiger partial charge in [0.1, 0.15) is 0 Å². The SMILES string of the molecule is CO[C@@H]1C(=O)N(Cc2ccccc2)[C@H]1C(=O)O. The van der Waals surface area contributed by atoms with Gasteiger partial charge in [0.05, 0.1) is 0 Å². The average molecular weight is 235 g/mol. The van der Waals surface area contributed by atoms with Crippen LogP contribution in [-0.2, 0) is 20.9 Å². The smallest absolute Gasteiger partial charge is 0.329 e. The maximum atomic E-state index is 11.6. The van der Waals surface area contributed by atoms with Gasteiger partial charge in [-0.1, -0.05) is 30.3 Å². The number of ether oxygens (including phenoxy) is 1. The molecule has 5 nitrogen and oxygen atoms in total. The molecule has 17 heavy (non-hydrogen) atoms. The minimum atomic E-state index is -1.03. The summed E-state index contributed by atoms with van der Waals surface area (Å²) in [5.41, 5.74) is 0.904. The van der Waals surface area contributed by atoms with E-state index in [2.05, 4.69) is 0 Å². The molecule has 5 heteroatoms. The number of benzene rings is 1. The number of likely N-dealkylation sites (tertiary alicyclic amines) is 1. The molecule has 1 heterocycles. The number of amides is 1. The van der Waals surface area contributed by atoms with E-state index < -0.39 is 18.1 Å². The topological polar surface area (TPSA) is 66.8 Å². The summed E-state index contributed by atoms with van der Waals surface area (Å²) in [7, 11) is 1.35. The number of carboxylic acid groups (broad SMARTS) is 1. The van der Waals surface area contributed by atoms with Crippen molar-refractivity contribution in [3.05, 3.63) is 35.9 Å². The Kier molecular flexibility index (Phi) is 3.10. The van der Waals surface area contributed by atoms with Crippen LogP contribution in [-0.4, -0.2) is 41.1 Å². The van der Waals surface area contributed by atoms with Crippen LogP contribution in [0.1, 0.15) is 5.56 Å². The molecule has 0 aliphatic carbocycles. The molecule has 0 saturated carbocycles. The number of methoxy groups -OCH3 is 1. The molecule has 1 amide bonds. The summed E-state index contributed by atoms with van der Waals surface area (Å²) < 4.78 is 4.87. The number of hydrogen-bond donors (Lipinski definition) is 1. The molecular weight excluding hydrogens is 222 g/mol. The van der Waals surface area contributed by atoms with E-state index >= 15 is 0 Å². The molecule has 0 radical (unpaired) electrons. The third-order valence-corrected chi connectivity index (χ3v) is 2.85. The van der Waals surface area contributed by atoms with E-state index in [0.29, 0.717) is 6.54 Å². The highest BCUT2D eigenvalue weighted by molar-refractivity contribution is 5.98. The Morgan fingerprint density at radius 3 is 2.59 bits per heavy atom. The average Bonchev–Trinajstić information content (AvgIpc) is 2.33. The van der Waals surface area contributed by atoms with Gasteiger partial charge in [0.2, 0.25) is 0 Å². The van der Waals surface area contributed by atoms with Crippen LogP contribution in [0, 0.1) is 0 Å². The number of carbonyl (C=O) groups is 2. The number of carboxylic acids is 1. The molecule has 1 N–H and O–H groups in total. The third kappa shape index (κ3) is 2.01. The standard InChI is InChI=1S/C12H13NO4/c1-17-10-9(12(15)16)13(11(10)14)7-8-5-3-2-4-6-8/h2-6,9-10H,7H2,1H3,(H,15,16)/t9-,10+/m1/s1. The molecule has 2 atom stereocenters. The lowest BCUT2D eigenvalue weighted by atomic mass is 9.97. The molecule has 1 aromatic rings. The van der Waals surface area contributed by atoms with Crippen LogP contribution in [0.3, 0.4) is 0 Å². The summed E-state index contributed by atoms with van der Waals surface area (Å²) in [5.74, 6) is -1.31. The minimum Gasteiger partial charge on any atom is -0.480 e. The summed E-state index contributed by atoms with van der Waals surface area (Å²) >= 11 is 0. The van der Waals surface area contributed by atoms with Crippen molar-refractivity contribution >= 4 is 11.9 Å². The van der Waals surface area contributed by atoms with Crippen molar-refractivity contribution in [2.45, 2.75) is 18.7 Å². The zero-order chi connectivity index (χ0) is 12.4. The number of hydrogen-bond acceptors (Lipinski definition) is 3. The van der Waals surface area contributed by atoms with Gasteiger partial charge in [0.25, 0.3) is 5.91 Å². The first-order chi connectivity index (χ1) is 8.15. The molecule has 0 bridgehead atoms. The van der Waals surface area contributed by atoms with Crippen molar-refractivity contribution in [3.8, 4) is 0 Å². The maximum Gasteiger partial charge on any atom is 0.329 e. The molecule has 1 aliphatic heterocycles. The Morgan fingerprint density at radius 1 is 1.41 bits per heavy atom. The van der Waals surface area contributed by atoms with Crippen LogP contribution in [0.15, 0.2) is 30.3 Å². The molecule has 90 valence electrons. The molecule has 0 unspecified atom stereocenters. The Bertz CT molecular complexity index is 431. The van der Waals surface area contributed by atoms with Crippen molar-refractivity contribution in [1.82, 2.24) is 4.90 Å². The highest BCUT2D eigenvalue weighted by Crippen LogP contribution is 2.25. The highest BCUT2D eigenvalue weighted by Gasteiger charge is 2.52. The largest absolute Gasteiger partial charge is 0.480 e. The molecule has 1 fully saturated rings. The first-order valence-corrected chi connectivity index (χ1v) is 5.25. The predicted octanol–water partition coefficient (Wildman–Crippen LogP) is 0.497. The number of β-lactam (4-membered cyclic amide) rings is 1. The number of rotatable bonds is 4. The molecule has 1 aromatic carbocycles. The van der Waals surface area contributed by atoms with Gasteiger partial charge in [-0.05, 0) is 5.56 Å². The molecule has 1 aliphatic rings. The zero-order valence-electron chi connectivity index (χ0n) is 9.37. The minimum absolute atomic E-state index is 0.274. The van der Waals surface area contributed by atoms with Crippen LogP contribution < -0.4 is 0 Å². The lowest BCUT2D eigenvalue weighted by Crippen LogP contribution is -2.67. The Morgan fingerprint density at radius 2 is 2.06 bits per heavy atom. The number of aliphatic carboxylic acids is 1. The van der Waals surface area contributed by atoms with Gasteiger partial charge in [-0.2, -0.15) is 0 Å². The second-order valence-corrected chi connectivity index (χ2v) is 3.89. The molecule has 0 spiro atoms. The fourth-order valence-corrected chi connectivity index (χ4v) is 1.97. The summed E-state index contributed by atoms with van der Waals surface area (Å²) in [6.07, 6.45) is -0.851. The third-order valence-electron chi connectivity index (χ3n) is 2.85. The lowest BCUT2D eigenvalue weighted by molar-refractivity contribution is -0.183. The van der Waals surface area contributed by atoms with Gasteiger partial charge in [0.15, 0.2) is 12.1 Å². The Balaban J connectivity index is 2.11. The van der Waals surface area contributed by atoms with Crippen LogP contribution in [0.5, 0.6) is 0 Å². The molecule has 0 aromatic heterocycles. The second-order valence-electron chi connectivity index (χ2n) is 3.89. The van der Waals surface area contributed by atoms with E-state index in [4.69, 9.17) is 9.84 Å². The fraction of sp³-hybridized carbons (Fsp3) is 0.333. The summed E-state index contributed by atoms with van der Waals surface area (Å²) in [6, 6.07) is 8.40. The Hall–Kier alpha value is -1.88. The van der Waals surface area contributed by atoms with E-state index in [1.165, 1.54) is 12.0 Å². The summed E-state index contributed by atoms with van der Waals surface area (Å²) in [4.78, 5) is 24.0. The fourth-order valence-electron chi connectivity index (χ4n) is 1.97. The van der Waals surface area contributed by atoms with Gasteiger partial charge >= 0.3 is 5.97 Å².